The molecule has 5 heterocycles. The molecule has 0 bridgehead atoms. The van der Waals surface area contributed by atoms with E-state index in [2.05, 4.69) is 27.3 Å². The van der Waals surface area contributed by atoms with E-state index in [-0.39, 0.29) is 11.7 Å². The minimum absolute atomic E-state index is 0.0632. The molecule has 2 atom stereocenters. The summed E-state index contributed by atoms with van der Waals surface area (Å²) < 4.78 is 17.8. The van der Waals surface area contributed by atoms with Gasteiger partial charge in [-0.2, -0.15) is 15.5 Å². The number of β-amino-alcohol motifs (C(OH)–C–C–N with tert-alkyl or cyclic N) is 1. The van der Waals surface area contributed by atoms with Crippen molar-refractivity contribution in [2.75, 3.05) is 18.0 Å². The second-order valence-corrected chi connectivity index (χ2v) is 7.10. The molecule has 3 aromatic rings. The van der Waals surface area contributed by atoms with Crippen LogP contribution in [0.1, 0.15) is 41.7 Å². The van der Waals surface area contributed by atoms with Gasteiger partial charge in [-0.15, -0.1) is 0 Å². The average Bonchev–Trinajstić information content (AvgIpc) is 3.24. The van der Waals surface area contributed by atoms with Gasteiger partial charge < -0.3 is 15.3 Å². The van der Waals surface area contributed by atoms with Crippen LogP contribution in [-0.2, 0) is 13.1 Å². The van der Waals surface area contributed by atoms with Crippen molar-refractivity contribution in [3.8, 4) is 6.07 Å². The van der Waals surface area contributed by atoms with Crippen molar-refractivity contribution in [2.24, 2.45) is 0 Å². The Bertz CT molecular complexity index is 1100. The quantitative estimate of drug-likeness (QED) is 0.672. The van der Waals surface area contributed by atoms with Crippen molar-refractivity contribution in [1.82, 2.24) is 24.7 Å². The summed E-state index contributed by atoms with van der Waals surface area (Å²) in [6.45, 7) is 4.41. The molecule has 0 fully saturated rings. The molecule has 0 aliphatic carbocycles. The van der Waals surface area contributed by atoms with Crippen molar-refractivity contribution in [1.29, 1.82) is 5.26 Å². The number of nitrogens with one attached hydrogen (secondary N) is 1. The van der Waals surface area contributed by atoms with Crippen molar-refractivity contribution >= 4 is 11.2 Å². The third-order valence-corrected chi connectivity index (χ3v) is 5.40. The van der Waals surface area contributed by atoms with Crippen LogP contribution in [0.3, 0.4) is 0 Å². The van der Waals surface area contributed by atoms with E-state index in [9.17, 15) is 14.8 Å². The number of aliphatic hydroxyl groups is 1. The minimum Gasteiger partial charge on any atom is -0.385 e. The van der Waals surface area contributed by atoms with Gasteiger partial charge in [-0.25, -0.2) is 8.91 Å². The first kappa shape index (κ1) is 16.2. The highest BCUT2D eigenvalue weighted by Crippen LogP contribution is 2.35. The first-order valence-corrected chi connectivity index (χ1v) is 8.88. The van der Waals surface area contributed by atoms with Crippen LogP contribution in [0, 0.1) is 17.1 Å². The molecule has 2 aliphatic rings. The molecule has 8 nitrogen and oxygen atoms in total. The lowest BCUT2D eigenvalue weighted by Crippen LogP contribution is -2.37. The lowest BCUT2D eigenvalue weighted by Gasteiger charge is -2.34. The fourth-order valence-corrected chi connectivity index (χ4v) is 4.16. The summed E-state index contributed by atoms with van der Waals surface area (Å²) in [5, 5.41) is 31.4. The van der Waals surface area contributed by atoms with E-state index in [0.29, 0.717) is 37.4 Å². The maximum Gasteiger partial charge on any atom is 0.171 e. The fourth-order valence-electron chi connectivity index (χ4n) is 4.16. The number of pyridine rings is 1. The molecule has 0 radical (unpaired) electrons. The molecule has 3 aromatic heterocycles. The molecular weight excluding hydrogens is 349 g/mol. The lowest BCUT2D eigenvalue weighted by atomic mass is 10.0. The van der Waals surface area contributed by atoms with Crippen molar-refractivity contribution in [3.63, 3.8) is 0 Å². The highest BCUT2D eigenvalue weighted by atomic mass is 19.1. The number of rotatable bonds is 1. The molecule has 0 saturated heterocycles. The minimum atomic E-state index is -0.610. The SMILES string of the molecule is C[C@@H]1CN(c2ccc(C#N)n3ncc(F)c23)Cc2c3c(nn21)C(O)CNC3. The van der Waals surface area contributed by atoms with Gasteiger partial charge in [-0.1, -0.05) is 0 Å². The summed E-state index contributed by atoms with van der Waals surface area (Å²) in [5.74, 6) is -0.451. The van der Waals surface area contributed by atoms with Crippen LogP contribution >= 0.6 is 0 Å². The van der Waals surface area contributed by atoms with E-state index < -0.39 is 11.9 Å². The van der Waals surface area contributed by atoms with E-state index in [1.54, 1.807) is 12.1 Å². The maximum absolute atomic E-state index is 14.5. The van der Waals surface area contributed by atoms with Crippen LogP contribution < -0.4 is 10.2 Å². The van der Waals surface area contributed by atoms with Gasteiger partial charge in [0.15, 0.2) is 5.82 Å². The second kappa shape index (κ2) is 5.77. The number of nitrogens with zero attached hydrogens (tertiary/aromatic N) is 6. The Morgan fingerprint density at radius 1 is 1.41 bits per heavy atom. The third kappa shape index (κ3) is 2.27. The van der Waals surface area contributed by atoms with Crippen LogP contribution in [0.5, 0.6) is 0 Å². The molecule has 27 heavy (non-hydrogen) atoms. The van der Waals surface area contributed by atoms with Gasteiger partial charge in [0.05, 0.1) is 35.9 Å². The van der Waals surface area contributed by atoms with Crippen molar-refractivity contribution < 1.29 is 9.50 Å². The van der Waals surface area contributed by atoms with Gasteiger partial charge in [0.2, 0.25) is 0 Å². The molecule has 0 spiro atoms. The van der Waals surface area contributed by atoms with Gasteiger partial charge in [-0.05, 0) is 19.1 Å². The third-order valence-electron chi connectivity index (χ3n) is 5.40. The molecule has 5 rings (SSSR count). The average molecular weight is 367 g/mol. The lowest BCUT2D eigenvalue weighted by molar-refractivity contribution is 0.159. The van der Waals surface area contributed by atoms with Crippen LogP contribution in [0.4, 0.5) is 10.1 Å². The molecular formula is C18H18FN7O. The Morgan fingerprint density at radius 3 is 3.07 bits per heavy atom. The van der Waals surface area contributed by atoms with Gasteiger partial charge >= 0.3 is 0 Å². The number of aliphatic hydroxyl groups excluding tert-OH is 1. The van der Waals surface area contributed by atoms with Gasteiger partial charge in [0, 0.05) is 25.2 Å². The number of fused-ring (bicyclic) bond motifs is 4. The standard InChI is InChI=1S/C18H18FN7O/c1-10-8-24(9-15-12-5-21-7-16(27)17(12)23-25(10)15)14-3-2-11(4-20)26-18(14)13(19)6-22-26/h2-3,6,10,16,21,27H,5,7-9H2,1H3/t10-,16?/m1/s1. The zero-order valence-corrected chi connectivity index (χ0v) is 14.7. The predicted octanol–water partition coefficient (Wildman–Crippen LogP) is 1.26. The van der Waals surface area contributed by atoms with Crippen LogP contribution in [0.25, 0.3) is 5.52 Å². The first-order valence-electron chi connectivity index (χ1n) is 8.88. The number of hydrogen-bond acceptors (Lipinski definition) is 6. The van der Waals surface area contributed by atoms with E-state index in [1.165, 1.54) is 4.52 Å². The summed E-state index contributed by atoms with van der Waals surface area (Å²) in [6.07, 6.45) is 0.529. The molecule has 0 aromatic carbocycles. The topological polar surface area (TPSA) is 94.4 Å². The Labute approximate surface area is 154 Å². The Morgan fingerprint density at radius 2 is 2.26 bits per heavy atom. The van der Waals surface area contributed by atoms with Gasteiger partial charge in [-0.3, -0.25) is 4.68 Å². The number of anilines is 1. The monoisotopic (exact) mass is 367 g/mol. The molecule has 0 amide bonds. The van der Waals surface area contributed by atoms with E-state index in [0.717, 1.165) is 23.1 Å². The van der Waals surface area contributed by atoms with Crippen LogP contribution in [0.15, 0.2) is 18.3 Å². The molecule has 0 saturated carbocycles. The summed E-state index contributed by atoms with van der Waals surface area (Å²) in [4.78, 5) is 2.09. The highest BCUT2D eigenvalue weighted by Gasteiger charge is 2.33. The summed E-state index contributed by atoms with van der Waals surface area (Å²) in [7, 11) is 0. The largest absolute Gasteiger partial charge is 0.385 e. The second-order valence-electron chi connectivity index (χ2n) is 7.10. The molecule has 2 aliphatic heterocycles. The van der Waals surface area contributed by atoms with Gasteiger partial charge in [0.25, 0.3) is 0 Å². The van der Waals surface area contributed by atoms with Crippen LogP contribution in [-0.4, -0.2) is 37.6 Å². The predicted molar refractivity (Wildman–Crippen MR) is 94.5 cm³/mol. The number of halogens is 1. The Kier molecular flexibility index (Phi) is 3.47. The summed E-state index contributed by atoms with van der Waals surface area (Å²) >= 11 is 0. The highest BCUT2D eigenvalue weighted by molar-refractivity contribution is 5.75. The summed E-state index contributed by atoms with van der Waals surface area (Å²) in [6, 6.07) is 5.54. The zero-order chi connectivity index (χ0) is 18.7. The zero-order valence-electron chi connectivity index (χ0n) is 14.7. The normalized spacial score (nSPS) is 21.8. The summed E-state index contributed by atoms with van der Waals surface area (Å²) in [5.41, 5.74) is 4.07. The maximum atomic E-state index is 14.5. The molecule has 9 heteroatoms. The smallest absolute Gasteiger partial charge is 0.171 e. The molecule has 138 valence electrons. The Balaban J connectivity index is 1.63. The van der Waals surface area contributed by atoms with E-state index in [1.807, 2.05) is 10.8 Å². The number of nitriles is 1. The number of aromatic nitrogens is 4. The first-order chi connectivity index (χ1) is 13.1. The fraction of sp³-hybridized carbons (Fsp3) is 0.389. The van der Waals surface area contributed by atoms with Crippen molar-refractivity contribution in [3.05, 3.63) is 46.8 Å². The molecule has 1 unspecified atom stereocenters. The van der Waals surface area contributed by atoms with Crippen molar-refractivity contribution in [2.45, 2.75) is 32.2 Å². The number of hydrogen-bond donors (Lipinski definition) is 2. The van der Waals surface area contributed by atoms with E-state index in [4.69, 9.17) is 0 Å². The Hall–Kier alpha value is -2.96. The van der Waals surface area contributed by atoms with Crippen LogP contribution in [0.2, 0.25) is 0 Å². The molecule has 2 N–H and O–H groups in total. The van der Waals surface area contributed by atoms with Gasteiger partial charge in [0.1, 0.15) is 23.4 Å². The van der Waals surface area contributed by atoms with E-state index >= 15 is 0 Å².